The number of methoxy groups -OCH3 is 4. The molecule has 1 aliphatic heterocycles. The molecule has 2 aromatic rings. The van der Waals surface area contributed by atoms with Crippen LogP contribution in [0.3, 0.4) is 0 Å². The topological polar surface area (TPSA) is 246 Å². The van der Waals surface area contributed by atoms with Crippen LogP contribution in [-0.4, -0.2) is 127 Å². The maximum atomic E-state index is 14.6. The van der Waals surface area contributed by atoms with E-state index in [9.17, 15) is 44.4 Å². The van der Waals surface area contributed by atoms with E-state index in [-0.39, 0.29) is 22.5 Å². The van der Waals surface area contributed by atoms with Gasteiger partial charge in [0.15, 0.2) is 23.2 Å². The second-order valence-electron chi connectivity index (χ2n) is 12.7. The monoisotopic (exact) mass is 724 g/mol. The van der Waals surface area contributed by atoms with E-state index >= 15 is 0 Å². The maximum Gasteiger partial charge on any atom is 0.341 e. The third kappa shape index (κ3) is 4.70. The van der Waals surface area contributed by atoms with Gasteiger partial charge >= 0.3 is 5.97 Å². The predicted octanol–water partition coefficient (Wildman–Crippen LogP) is 0.392. The van der Waals surface area contributed by atoms with Crippen molar-refractivity contribution < 1.29 is 72.9 Å². The van der Waals surface area contributed by atoms with Crippen LogP contribution in [0.25, 0.3) is 0 Å². The van der Waals surface area contributed by atoms with Gasteiger partial charge in [0, 0.05) is 50.5 Å². The number of ketones is 4. The molecule has 5 N–H and O–H groups in total. The average molecular weight is 725 g/mol. The summed E-state index contributed by atoms with van der Waals surface area (Å²) in [5, 5.41) is 53.7. The second-order valence-corrected chi connectivity index (χ2v) is 12.7. The van der Waals surface area contributed by atoms with Crippen molar-refractivity contribution >= 4 is 34.8 Å². The Labute approximate surface area is 295 Å². The number of ether oxygens (including phenoxy) is 5. The molecule has 0 amide bonds. The molecule has 52 heavy (non-hydrogen) atoms. The van der Waals surface area contributed by atoms with E-state index in [0.29, 0.717) is 0 Å². The van der Waals surface area contributed by atoms with E-state index in [1.54, 1.807) is 6.92 Å². The SMILES string of the molecule is CO/N=C1\[C@@H](OC)[C@H](C)O[C@H](NC2=CC(=O)c3c(cc4c(c3O)C(=O)[C@]3(OC)[C@H](O)Cc5cc(C)c(C(=O)OC)c(O)c5[C@]3(O)C4=O)C2=O)[C@@H]1OC. The molecular formula is C35H36N2O15. The molecule has 7 atom stereocenters. The lowest BCUT2D eigenvalue weighted by atomic mass is 9.56. The zero-order valence-corrected chi connectivity index (χ0v) is 29.1. The van der Waals surface area contributed by atoms with Gasteiger partial charge in [-0.25, -0.2) is 4.79 Å². The van der Waals surface area contributed by atoms with E-state index in [2.05, 4.69) is 10.5 Å². The van der Waals surface area contributed by atoms with Crippen LogP contribution >= 0.6 is 0 Å². The van der Waals surface area contributed by atoms with Gasteiger partial charge in [-0.05, 0) is 31.0 Å². The summed E-state index contributed by atoms with van der Waals surface area (Å²) in [5.74, 6) is -7.61. The van der Waals surface area contributed by atoms with Gasteiger partial charge < -0.3 is 54.3 Å². The number of phenols is 2. The highest BCUT2D eigenvalue weighted by Gasteiger charge is 2.72. The summed E-state index contributed by atoms with van der Waals surface area (Å²) in [5.41, 5.74) is -9.78. The largest absolute Gasteiger partial charge is 0.507 e. The van der Waals surface area contributed by atoms with E-state index < -0.39 is 122 Å². The van der Waals surface area contributed by atoms with Crippen LogP contribution in [0.5, 0.6) is 11.5 Å². The molecular weight excluding hydrogens is 688 g/mol. The summed E-state index contributed by atoms with van der Waals surface area (Å²) < 4.78 is 27.3. The fraction of sp³-hybridized carbons (Fsp3) is 0.429. The first kappa shape index (κ1) is 36.7. The lowest BCUT2D eigenvalue weighted by Gasteiger charge is -2.52. The Morgan fingerprint density at radius 3 is 2.23 bits per heavy atom. The molecule has 0 bridgehead atoms. The minimum Gasteiger partial charge on any atom is -0.507 e. The quantitative estimate of drug-likeness (QED) is 0.191. The molecule has 2 aromatic carbocycles. The second kappa shape index (κ2) is 12.9. The smallest absolute Gasteiger partial charge is 0.341 e. The average Bonchev–Trinajstić information content (AvgIpc) is 3.09. The number of oxime groups is 1. The Morgan fingerprint density at radius 1 is 0.962 bits per heavy atom. The van der Waals surface area contributed by atoms with Crippen molar-refractivity contribution in [1.82, 2.24) is 5.32 Å². The van der Waals surface area contributed by atoms with Gasteiger partial charge in [-0.1, -0.05) is 11.2 Å². The third-order valence-corrected chi connectivity index (χ3v) is 10.2. The number of fused-ring (bicyclic) bond motifs is 5. The molecule has 1 saturated heterocycles. The van der Waals surface area contributed by atoms with E-state index in [4.69, 9.17) is 28.5 Å². The highest BCUT2D eigenvalue weighted by Crippen LogP contribution is 2.56. The molecule has 0 saturated carbocycles. The van der Waals surface area contributed by atoms with Crippen molar-refractivity contribution in [1.29, 1.82) is 0 Å². The first-order chi connectivity index (χ1) is 24.6. The minimum absolute atomic E-state index is 0.000662. The number of aliphatic hydroxyl groups excluding tert-OH is 1. The van der Waals surface area contributed by atoms with Crippen LogP contribution < -0.4 is 5.32 Å². The Kier molecular flexibility index (Phi) is 9.09. The van der Waals surface area contributed by atoms with Crippen LogP contribution in [0, 0.1) is 6.92 Å². The van der Waals surface area contributed by atoms with Gasteiger partial charge in [0.25, 0.3) is 0 Å². The molecule has 0 spiro atoms. The van der Waals surface area contributed by atoms with Crippen molar-refractivity contribution in [3.8, 4) is 11.5 Å². The number of benzene rings is 2. The number of Topliss-reactive ketones (excluding diaryl/α,β-unsaturated/α-hetero) is 3. The van der Waals surface area contributed by atoms with Crippen molar-refractivity contribution in [2.75, 3.05) is 35.5 Å². The van der Waals surface area contributed by atoms with Gasteiger partial charge in [-0.3, -0.25) is 19.2 Å². The number of hydrogen-bond donors (Lipinski definition) is 5. The predicted molar refractivity (Wildman–Crippen MR) is 175 cm³/mol. The van der Waals surface area contributed by atoms with Crippen LogP contribution in [0.4, 0.5) is 0 Å². The number of carbonyl (C=O) groups excluding carboxylic acids is 5. The minimum atomic E-state index is -3.23. The van der Waals surface area contributed by atoms with Gasteiger partial charge in [-0.15, -0.1) is 0 Å². The van der Waals surface area contributed by atoms with Crippen molar-refractivity contribution in [2.24, 2.45) is 5.16 Å². The first-order valence-corrected chi connectivity index (χ1v) is 15.9. The maximum absolute atomic E-state index is 14.6. The normalized spacial score (nSPS) is 30.2. The van der Waals surface area contributed by atoms with Gasteiger partial charge in [-0.2, -0.15) is 0 Å². The van der Waals surface area contributed by atoms with Gasteiger partial charge in [0.05, 0.1) is 36.1 Å². The Balaban J connectivity index is 1.51. The van der Waals surface area contributed by atoms with Crippen LogP contribution in [-0.2, 0) is 40.5 Å². The van der Waals surface area contributed by atoms with Crippen LogP contribution in [0.1, 0.15) is 75.4 Å². The molecule has 276 valence electrons. The molecule has 6 rings (SSSR count). The lowest BCUT2D eigenvalue weighted by molar-refractivity contribution is -0.181. The molecule has 1 fully saturated rings. The van der Waals surface area contributed by atoms with Crippen molar-refractivity contribution in [3.05, 3.63) is 68.4 Å². The zero-order valence-electron chi connectivity index (χ0n) is 29.1. The number of nitrogens with one attached hydrogen (secondary N) is 1. The molecule has 4 aliphatic rings. The molecule has 0 aromatic heterocycles. The number of esters is 1. The Hall–Kier alpha value is -5.04. The van der Waals surface area contributed by atoms with E-state index in [1.165, 1.54) is 34.3 Å². The molecule has 0 unspecified atom stereocenters. The first-order valence-electron chi connectivity index (χ1n) is 15.9. The number of aliphatic hydroxyl groups is 2. The number of aromatic hydroxyl groups is 2. The number of nitrogens with zero attached hydrogens (tertiary/aromatic N) is 1. The van der Waals surface area contributed by atoms with E-state index in [0.717, 1.165) is 26.4 Å². The zero-order chi connectivity index (χ0) is 38.2. The van der Waals surface area contributed by atoms with Gasteiger partial charge in [0.2, 0.25) is 17.3 Å². The Morgan fingerprint density at radius 2 is 1.63 bits per heavy atom. The summed E-state index contributed by atoms with van der Waals surface area (Å²) in [6.45, 7) is 3.12. The number of phenolic OH excluding ortho intramolecular Hbond substituents is 2. The summed E-state index contributed by atoms with van der Waals surface area (Å²) in [6.07, 6.45) is -5.04. The van der Waals surface area contributed by atoms with Crippen molar-refractivity contribution in [3.63, 3.8) is 0 Å². The number of carbonyl (C=O) groups is 5. The summed E-state index contributed by atoms with van der Waals surface area (Å²) in [7, 11) is 6.06. The molecule has 0 radical (unpaired) electrons. The highest BCUT2D eigenvalue weighted by atomic mass is 16.6. The van der Waals surface area contributed by atoms with Crippen LogP contribution in [0.2, 0.25) is 0 Å². The van der Waals surface area contributed by atoms with Crippen LogP contribution in [0.15, 0.2) is 29.1 Å². The number of rotatable bonds is 7. The summed E-state index contributed by atoms with van der Waals surface area (Å²) in [4.78, 5) is 74.5. The molecule has 1 heterocycles. The molecule has 17 heteroatoms. The fourth-order valence-corrected chi connectivity index (χ4v) is 7.92. The summed E-state index contributed by atoms with van der Waals surface area (Å²) >= 11 is 0. The van der Waals surface area contributed by atoms with Gasteiger partial charge in [0.1, 0.15) is 42.1 Å². The molecule has 17 nitrogen and oxygen atoms in total. The summed E-state index contributed by atoms with van der Waals surface area (Å²) in [6, 6.07) is 2.20. The van der Waals surface area contributed by atoms with E-state index in [1.807, 2.05) is 0 Å². The third-order valence-electron chi connectivity index (χ3n) is 10.2. The number of allylic oxidation sites excluding steroid dienone is 2. The highest BCUT2D eigenvalue weighted by molar-refractivity contribution is 6.31. The number of aryl methyl sites for hydroxylation is 1. The molecule has 3 aliphatic carbocycles. The lowest BCUT2D eigenvalue weighted by Crippen LogP contribution is -2.73. The van der Waals surface area contributed by atoms with Crippen molar-refractivity contribution in [2.45, 2.75) is 62.1 Å². The standard InChI is InChI=1S/C35H36N2O15/c1-12-8-14-9-19(39)35(50-6)31(44)22-16(30(43)34(35,46)23(14)27(42)20(12)33(45)49-5)10-15-21(26(22)41)18(38)11-17(25(15)40)36-32-29(48-4)24(37-51-7)28(47-3)13(2)52-32/h8,10-11,13,19,28-29,32,36,39,41-42,46H,9H2,1-7H3/b37-24+/t13-,19+,28-,29+,32-,34-,35+/m0/s1. The Bertz CT molecular complexity index is 2020. The fourth-order valence-electron chi connectivity index (χ4n) is 7.92. The number of hydrogen-bond acceptors (Lipinski definition) is 17.